The number of aliphatic hydroxyl groups is 1. The fraction of sp³-hybridized carbons (Fsp3) is 0.381. The Bertz CT molecular complexity index is 860. The number of carbonyl (C=O) groups is 1. The van der Waals surface area contributed by atoms with Crippen molar-refractivity contribution in [3.63, 3.8) is 0 Å². The lowest BCUT2D eigenvalue weighted by atomic mass is 9.97. The van der Waals surface area contributed by atoms with Crippen molar-refractivity contribution in [3.05, 3.63) is 82.2 Å². The van der Waals surface area contributed by atoms with Gasteiger partial charge in [0.1, 0.15) is 24.9 Å². The summed E-state index contributed by atoms with van der Waals surface area (Å²) >= 11 is 0. The summed E-state index contributed by atoms with van der Waals surface area (Å²) in [6, 6.07) is 16.9. The van der Waals surface area contributed by atoms with Crippen molar-refractivity contribution < 1.29 is 28.8 Å². The third-order valence-corrected chi connectivity index (χ3v) is 4.73. The van der Waals surface area contributed by atoms with Gasteiger partial charge in [-0.15, -0.1) is 0 Å². The Kier molecular flexibility index (Phi) is 7.78. The van der Waals surface area contributed by atoms with Crippen LogP contribution in [0.5, 0.6) is 0 Å². The van der Waals surface area contributed by atoms with Gasteiger partial charge in [0.05, 0.1) is 18.3 Å². The maximum absolute atomic E-state index is 12.2. The van der Waals surface area contributed by atoms with Crippen LogP contribution < -0.4 is 0 Å². The average Bonchev–Trinajstić information content (AvgIpc) is 2.79. The number of hydrogen-bond acceptors (Lipinski definition) is 7. The number of ether oxygens (including phenoxy) is 4. The van der Waals surface area contributed by atoms with E-state index in [1.807, 2.05) is 30.3 Å². The van der Waals surface area contributed by atoms with Gasteiger partial charge >= 0.3 is 5.97 Å². The van der Waals surface area contributed by atoms with Crippen molar-refractivity contribution in [1.29, 1.82) is 0 Å². The number of azide groups is 1. The van der Waals surface area contributed by atoms with E-state index in [0.29, 0.717) is 5.56 Å². The molecular formula is C21H23N3O6. The van der Waals surface area contributed by atoms with Gasteiger partial charge in [-0.1, -0.05) is 53.6 Å². The Hall–Kier alpha value is -2.94. The van der Waals surface area contributed by atoms with Crippen molar-refractivity contribution in [2.45, 2.75) is 37.3 Å². The Morgan fingerprint density at radius 1 is 1.17 bits per heavy atom. The van der Waals surface area contributed by atoms with Crippen molar-refractivity contribution >= 4 is 5.97 Å². The summed E-state index contributed by atoms with van der Waals surface area (Å²) in [4.78, 5) is 15.0. The second-order valence-corrected chi connectivity index (χ2v) is 6.69. The third kappa shape index (κ3) is 5.35. The molecule has 1 aliphatic heterocycles. The minimum atomic E-state index is -1.21. The zero-order chi connectivity index (χ0) is 21.3. The average molecular weight is 413 g/mol. The van der Waals surface area contributed by atoms with Gasteiger partial charge in [-0.2, -0.15) is 0 Å². The summed E-state index contributed by atoms with van der Waals surface area (Å²) in [5, 5.41) is 14.5. The fourth-order valence-electron chi connectivity index (χ4n) is 3.19. The molecule has 0 aromatic heterocycles. The predicted molar refractivity (Wildman–Crippen MR) is 106 cm³/mol. The number of methoxy groups -OCH3 is 1. The topological polar surface area (TPSA) is 123 Å². The van der Waals surface area contributed by atoms with Crippen LogP contribution in [0.15, 0.2) is 65.8 Å². The van der Waals surface area contributed by atoms with E-state index in [-0.39, 0.29) is 13.2 Å². The molecule has 1 aliphatic rings. The minimum Gasteiger partial charge on any atom is -0.459 e. The molecule has 1 heterocycles. The largest absolute Gasteiger partial charge is 0.459 e. The standard InChI is InChI=1S/C21H23N3O6/c1-27-21-17(23-24-22)19(28-12-14-8-4-2-5-9-14)18(25)16(30-21)13-29-20(26)15-10-6-3-7-11-15/h2-11,16-19,21,25H,12-13H2,1H3/t16?,17?,18-,19+,21+/m0/s1. The first kappa shape index (κ1) is 21.8. The molecule has 0 bridgehead atoms. The summed E-state index contributed by atoms with van der Waals surface area (Å²) in [6.07, 6.45) is -4.02. The number of aliphatic hydroxyl groups excluding tert-OH is 1. The second kappa shape index (κ2) is 10.7. The van der Waals surface area contributed by atoms with Crippen LogP contribution in [0.25, 0.3) is 10.4 Å². The second-order valence-electron chi connectivity index (χ2n) is 6.69. The Labute approximate surface area is 173 Å². The molecule has 1 fully saturated rings. The molecule has 1 saturated heterocycles. The van der Waals surface area contributed by atoms with Gasteiger partial charge < -0.3 is 24.1 Å². The van der Waals surface area contributed by atoms with Crippen molar-refractivity contribution in [1.82, 2.24) is 0 Å². The first-order valence-electron chi connectivity index (χ1n) is 9.42. The molecule has 2 unspecified atom stereocenters. The van der Waals surface area contributed by atoms with Crippen LogP contribution in [-0.2, 0) is 25.6 Å². The van der Waals surface area contributed by atoms with Gasteiger partial charge in [0, 0.05) is 12.0 Å². The van der Waals surface area contributed by atoms with E-state index in [1.165, 1.54) is 7.11 Å². The highest BCUT2D eigenvalue weighted by molar-refractivity contribution is 5.89. The molecule has 0 saturated carbocycles. The molecule has 2 aromatic carbocycles. The quantitative estimate of drug-likeness (QED) is 0.307. The number of esters is 1. The molecule has 30 heavy (non-hydrogen) atoms. The summed E-state index contributed by atoms with van der Waals surface area (Å²) in [5.74, 6) is -0.542. The first-order chi connectivity index (χ1) is 14.6. The van der Waals surface area contributed by atoms with E-state index in [4.69, 9.17) is 24.5 Å². The molecule has 0 aliphatic carbocycles. The molecule has 158 valence electrons. The number of nitrogens with zero attached hydrogens (tertiary/aromatic N) is 3. The maximum atomic E-state index is 12.2. The number of hydrogen-bond donors (Lipinski definition) is 1. The molecule has 3 rings (SSSR count). The van der Waals surface area contributed by atoms with E-state index >= 15 is 0 Å². The van der Waals surface area contributed by atoms with Gasteiger partial charge in [-0.05, 0) is 23.2 Å². The molecular weight excluding hydrogens is 390 g/mol. The summed E-state index contributed by atoms with van der Waals surface area (Å²) in [7, 11) is 1.39. The maximum Gasteiger partial charge on any atom is 0.338 e. The molecule has 1 N–H and O–H groups in total. The zero-order valence-corrected chi connectivity index (χ0v) is 16.4. The molecule has 9 nitrogen and oxygen atoms in total. The monoisotopic (exact) mass is 413 g/mol. The van der Waals surface area contributed by atoms with Crippen LogP contribution in [0, 0.1) is 0 Å². The Morgan fingerprint density at radius 3 is 2.47 bits per heavy atom. The van der Waals surface area contributed by atoms with Crippen molar-refractivity contribution in [2.75, 3.05) is 13.7 Å². The zero-order valence-electron chi connectivity index (χ0n) is 16.4. The Morgan fingerprint density at radius 2 is 1.83 bits per heavy atom. The minimum absolute atomic E-state index is 0.187. The number of rotatable bonds is 8. The smallest absolute Gasteiger partial charge is 0.338 e. The van der Waals surface area contributed by atoms with E-state index < -0.39 is 36.6 Å². The molecule has 0 amide bonds. The molecule has 0 spiro atoms. The highest BCUT2D eigenvalue weighted by Crippen LogP contribution is 2.28. The number of benzene rings is 2. The highest BCUT2D eigenvalue weighted by Gasteiger charge is 2.46. The van der Waals surface area contributed by atoms with Gasteiger partial charge in [0.2, 0.25) is 0 Å². The first-order valence-corrected chi connectivity index (χ1v) is 9.42. The van der Waals surface area contributed by atoms with E-state index in [9.17, 15) is 9.90 Å². The lowest BCUT2D eigenvalue weighted by Gasteiger charge is -2.42. The SMILES string of the molecule is CO[C@@H]1OC(COC(=O)c2ccccc2)[C@H](O)[C@H](OCc2ccccc2)C1N=[N+]=[N-]. The van der Waals surface area contributed by atoms with Crippen LogP contribution in [0.4, 0.5) is 0 Å². The Balaban J connectivity index is 1.71. The third-order valence-electron chi connectivity index (χ3n) is 4.73. The molecule has 9 heteroatoms. The van der Waals surface area contributed by atoms with Crippen molar-refractivity contribution in [3.8, 4) is 0 Å². The summed E-state index contributed by atoms with van der Waals surface area (Å²) in [6.45, 7) is -0.0318. The highest BCUT2D eigenvalue weighted by atomic mass is 16.7. The van der Waals surface area contributed by atoms with Crippen molar-refractivity contribution in [2.24, 2.45) is 5.11 Å². The molecule has 2 aromatic rings. The predicted octanol–water partition coefficient (Wildman–Crippen LogP) is 2.84. The molecule has 5 atom stereocenters. The number of carbonyl (C=O) groups excluding carboxylic acids is 1. The van der Waals surface area contributed by atoms with Crippen LogP contribution in [0.1, 0.15) is 15.9 Å². The van der Waals surface area contributed by atoms with Crippen LogP contribution >= 0.6 is 0 Å². The van der Waals surface area contributed by atoms with Gasteiger partial charge in [0.15, 0.2) is 6.29 Å². The normalized spacial score (nSPS) is 25.9. The molecule has 0 radical (unpaired) electrons. The summed E-state index contributed by atoms with van der Waals surface area (Å²) < 4.78 is 22.2. The lowest BCUT2D eigenvalue weighted by Crippen LogP contribution is -2.59. The fourth-order valence-corrected chi connectivity index (χ4v) is 3.19. The lowest BCUT2D eigenvalue weighted by molar-refractivity contribution is -0.266. The van der Waals surface area contributed by atoms with Crippen LogP contribution in [-0.4, -0.2) is 55.4 Å². The van der Waals surface area contributed by atoms with Gasteiger partial charge in [0.25, 0.3) is 0 Å². The van der Waals surface area contributed by atoms with Gasteiger partial charge in [-0.3, -0.25) is 0 Å². The van der Waals surface area contributed by atoms with E-state index in [2.05, 4.69) is 10.0 Å². The van der Waals surface area contributed by atoms with Gasteiger partial charge in [-0.25, -0.2) is 4.79 Å². The van der Waals surface area contributed by atoms with Crippen LogP contribution in [0.3, 0.4) is 0 Å². The van der Waals surface area contributed by atoms with E-state index in [1.54, 1.807) is 30.3 Å². The van der Waals surface area contributed by atoms with E-state index in [0.717, 1.165) is 5.56 Å². The van der Waals surface area contributed by atoms with Crippen LogP contribution in [0.2, 0.25) is 0 Å². The summed E-state index contributed by atoms with van der Waals surface area (Å²) in [5.41, 5.74) is 10.2.